The predicted octanol–water partition coefficient (Wildman–Crippen LogP) is 5.61. The van der Waals surface area contributed by atoms with E-state index in [1.807, 2.05) is 0 Å². The van der Waals surface area contributed by atoms with Crippen molar-refractivity contribution in [1.82, 2.24) is 0 Å². The molecule has 0 radical (unpaired) electrons. The third-order valence-electron chi connectivity index (χ3n) is 3.96. The third-order valence-corrected chi connectivity index (χ3v) is 8.33. The topological polar surface area (TPSA) is 71.4 Å². The van der Waals surface area contributed by atoms with Gasteiger partial charge in [-0.2, -0.15) is 0 Å². The van der Waals surface area contributed by atoms with Gasteiger partial charge >= 0.3 is 5.97 Å². The summed E-state index contributed by atoms with van der Waals surface area (Å²) in [5.41, 5.74) is 1.21. The average Bonchev–Trinajstić information content (AvgIpc) is 3.19. The van der Waals surface area contributed by atoms with Crippen LogP contribution in [0.4, 0.5) is 0 Å². The largest absolute Gasteiger partial charge is 0.478 e. The zero-order valence-electron chi connectivity index (χ0n) is 14.5. The van der Waals surface area contributed by atoms with Crippen LogP contribution in [0.5, 0.6) is 0 Å². The van der Waals surface area contributed by atoms with Crippen molar-refractivity contribution in [2.24, 2.45) is 0 Å². The maximum Gasteiger partial charge on any atom is 0.337 e. The van der Waals surface area contributed by atoms with Gasteiger partial charge in [0.05, 0.1) is 20.4 Å². The number of hydrogen-bond donors (Lipinski definition) is 1. The van der Waals surface area contributed by atoms with E-state index in [1.165, 1.54) is 17.6 Å². The van der Waals surface area contributed by atoms with E-state index < -0.39 is 15.5 Å². The van der Waals surface area contributed by atoms with Gasteiger partial charge in [0.1, 0.15) is 0 Å². The molecule has 1 N–H and O–H groups in total. The van der Waals surface area contributed by atoms with Gasteiger partial charge in [-0.25, -0.2) is 4.79 Å². The minimum absolute atomic E-state index is 0.0880. The van der Waals surface area contributed by atoms with E-state index >= 15 is 0 Å². The quantitative estimate of drug-likeness (QED) is 0.373. The van der Waals surface area contributed by atoms with Crippen LogP contribution in [-0.2, 0) is 15.9 Å². The molecular formula is C19H14Cl2O4S3. The molecule has 0 spiro atoms. The molecule has 1 unspecified atom stereocenters. The van der Waals surface area contributed by atoms with Gasteiger partial charge in [-0.05, 0) is 44.0 Å². The molecule has 0 aliphatic rings. The SMILES string of the molecule is C=S(C)(=O)c1csc(C(=O)Cc2csc(-c3ccc(Cl)cc3)c2C(=O)O)c1Cl. The standard InChI is InChI=1S/C19H14Cl2O4S3/c1-28(2,25)14-9-27-18(16(14)21)13(22)7-11-8-26-17(15(11)19(23)24)10-3-5-12(20)6-4-10/h3-6,8-9H,1,7H2,2H3,(H,23,24). The molecule has 0 fully saturated rings. The van der Waals surface area contributed by atoms with Crippen LogP contribution in [0.15, 0.2) is 39.9 Å². The molecule has 1 aromatic carbocycles. The number of ketones is 1. The Morgan fingerprint density at radius 3 is 2.32 bits per heavy atom. The number of thiophene rings is 2. The molecule has 1 atom stereocenters. The number of carboxylic acids is 1. The van der Waals surface area contributed by atoms with E-state index in [0.29, 0.717) is 25.9 Å². The van der Waals surface area contributed by atoms with Gasteiger partial charge in [0, 0.05) is 28.0 Å². The van der Waals surface area contributed by atoms with Crippen LogP contribution in [0.25, 0.3) is 10.4 Å². The molecule has 28 heavy (non-hydrogen) atoms. The molecule has 0 amide bonds. The number of rotatable bonds is 6. The van der Waals surface area contributed by atoms with E-state index in [9.17, 15) is 18.9 Å². The van der Waals surface area contributed by atoms with Crippen molar-refractivity contribution in [3.05, 3.63) is 61.1 Å². The summed E-state index contributed by atoms with van der Waals surface area (Å²) in [4.78, 5) is 25.8. The highest BCUT2D eigenvalue weighted by molar-refractivity contribution is 7.99. The van der Waals surface area contributed by atoms with Gasteiger partial charge in [-0.15, -0.1) is 22.7 Å². The Hall–Kier alpha value is -1.64. The molecule has 0 saturated heterocycles. The number of carbonyl (C=O) groups is 2. The van der Waals surface area contributed by atoms with Crippen molar-refractivity contribution in [2.75, 3.05) is 6.26 Å². The second-order valence-corrected chi connectivity index (χ2v) is 11.1. The number of aromatic carboxylic acids is 1. The van der Waals surface area contributed by atoms with Gasteiger partial charge in [-0.3, -0.25) is 9.00 Å². The van der Waals surface area contributed by atoms with E-state index in [1.54, 1.807) is 35.0 Å². The van der Waals surface area contributed by atoms with E-state index in [0.717, 1.165) is 11.3 Å². The predicted molar refractivity (Wildman–Crippen MR) is 119 cm³/mol. The maximum atomic E-state index is 12.7. The maximum absolute atomic E-state index is 12.7. The lowest BCUT2D eigenvalue weighted by Gasteiger charge is -2.04. The fraction of sp³-hybridized carbons (Fsp3) is 0.105. The molecule has 0 aliphatic carbocycles. The van der Waals surface area contributed by atoms with Crippen molar-refractivity contribution in [3.63, 3.8) is 0 Å². The van der Waals surface area contributed by atoms with Crippen LogP contribution in [0.2, 0.25) is 10.0 Å². The molecule has 2 heterocycles. The number of carboxylic acid groups (broad SMARTS) is 1. The average molecular weight is 473 g/mol. The summed E-state index contributed by atoms with van der Waals surface area (Å²) in [6.07, 6.45) is 1.34. The van der Waals surface area contributed by atoms with Crippen molar-refractivity contribution in [3.8, 4) is 10.4 Å². The second kappa shape index (κ2) is 8.00. The van der Waals surface area contributed by atoms with Gasteiger partial charge < -0.3 is 5.11 Å². The van der Waals surface area contributed by atoms with Crippen LogP contribution >= 0.6 is 45.9 Å². The van der Waals surface area contributed by atoms with Gasteiger partial charge in [-0.1, -0.05) is 35.3 Å². The van der Waals surface area contributed by atoms with Crippen molar-refractivity contribution in [2.45, 2.75) is 11.3 Å². The first-order valence-electron chi connectivity index (χ1n) is 7.81. The zero-order chi connectivity index (χ0) is 20.6. The summed E-state index contributed by atoms with van der Waals surface area (Å²) >= 11 is 14.5. The summed E-state index contributed by atoms with van der Waals surface area (Å²) in [6.45, 7) is 0. The molecular weight excluding hydrogens is 459 g/mol. The summed E-state index contributed by atoms with van der Waals surface area (Å²) in [5.74, 6) is 2.16. The summed E-state index contributed by atoms with van der Waals surface area (Å²) in [6, 6.07) is 6.84. The minimum Gasteiger partial charge on any atom is -0.478 e. The van der Waals surface area contributed by atoms with Crippen LogP contribution < -0.4 is 0 Å². The highest BCUT2D eigenvalue weighted by Gasteiger charge is 2.24. The number of halogens is 2. The summed E-state index contributed by atoms with van der Waals surface area (Å²) in [7, 11) is -2.55. The Morgan fingerprint density at radius 2 is 1.79 bits per heavy atom. The molecule has 9 heteroatoms. The highest BCUT2D eigenvalue weighted by Crippen LogP contribution is 2.36. The number of carbonyl (C=O) groups excluding carboxylic acids is 1. The molecule has 4 nitrogen and oxygen atoms in total. The van der Waals surface area contributed by atoms with Crippen molar-refractivity contribution >= 4 is 73.0 Å². The first-order valence-corrected chi connectivity index (χ1v) is 12.5. The first kappa shape index (κ1) is 21.1. The monoisotopic (exact) mass is 472 g/mol. The minimum atomic E-state index is -2.55. The fourth-order valence-electron chi connectivity index (χ4n) is 2.63. The Balaban J connectivity index is 1.97. The lowest BCUT2D eigenvalue weighted by atomic mass is 10.0. The smallest absolute Gasteiger partial charge is 0.337 e. The summed E-state index contributed by atoms with van der Waals surface area (Å²) in [5, 5.41) is 13.6. The van der Waals surface area contributed by atoms with Crippen molar-refractivity contribution in [1.29, 1.82) is 0 Å². The van der Waals surface area contributed by atoms with Gasteiger partial charge in [0.15, 0.2) is 5.78 Å². The Morgan fingerprint density at radius 1 is 1.14 bits per heavy atom. The Kier molecular flexibility index (Phi) is 6.03. The van der Waals surface area contributed by atoms with Gasteiger partial charge in [0.25, 0.3) is 0 Å². The third kappa shape index (κ3) is 4.18. The van der Waals surface area contributed by atoms with Crippen LogP contribution in [0.3, 0.4) is 0 Å². The molecule has 2 aromatic heterocycles. The zero-order valence-corrected chi connectivity index (χ0v) is 18.5. The molecule has 0 aliphatic heterocycles. The normalized spacial score (nSPS) is 13.2. The van der Waals surface area contributed by atoms with E-state index in [-0.39, 0.29) is 27.7 Å². The molecule has 0 bridgehead atoms. The lowest BCUT2D eigenvalue weighted by Crippen LogP contribution is -2.07. The van der Waals surface area contributed by atoms with Gasteiger partial charge in [0.2, 0.25) is 0 Å². The van der Waals surface area contributed by atoms with E-state index in [4.69, 9.17) is 23.2 Å². The van der Waals surface area contributed by atoms with Crippen LogP contribution in [0, 0.1) is 0 Å². The lowest BCUT2D eigenvalue weighted by molar-refractivity contribution is 0.0697. The highest BCUT2D eigenvalue weighted by atomic mass is 35.5. The summed E-state index contributed by atoms with van der Waals surface area (Å²) < 4.78 is 12.1. The Bertz CT molecular complexity index is 1170. The number of Topliss-reactive ketones (excluding diaryl/α,β-unsaturated/α-hetero) is 1. The second-order valence-electron chi connectivity index (χ2n) is 6.13. The number of hydrogen-bond acceptors (Lipinski definition) is 5. The number of benzene rings is 1. The molecule has 146 valence electrons. The fourth-order valence-corrected chi connectivity index (χ4v) is 6.94. The Labute approximate surface area is 180 Å². The first-order chi connectivity index (χ1) is 13.1. The molecule has 3 rings (SSSR count). The molecule has 3 aromatic rings. The van der Waals surface area contributed by atoms with Crippen LogP contribution in [0.1, 0.15) is 25.6 Å². The van der Waals surface area contributed by atoms with Crippen LogP contribution in [-0.4, -0.2) is 33.2 Å². The molecule has 0 saturated carbocycles. The van der Waals surface area contributed by atoms with E-state index in [2.05, 4.69) is 5.87 Å². The van der Waals surface area contributed by atoms with Crippen molar-refractivity contribution < 1.29 is 18.9 Å².